The molecule has 8 heteroatoms. The van der Waals surface area contributed by atoms with Gasteiger partial charge in [-0.25, -0.2) is 13.4 Å². The lowest BCUT2D eigenvalue weighted by Crippen LogP contribution is -2.14. The van der Waals surface area contributed by atoms with Gasteiger partial charge in [0.25, 0.3) is 10.0 Å². The molecule has 0 bridgehead atoms. The first-order valence-corrected chi connectivity index (χ1v) is 8.01. The summed E-state index contributed by atoms with van der Waals surface area (Å²) in [6.07, 6.45) is 3.34. The van der Waals surface area contributed by atoms with Gasteiger partial charge in [-0.05, 0) is 26.0 Å². The Hall–Kier alpha value is -2.61. The van der Waals surface area contributed by atoms with Gasteiger partial charge in [-0.1, -0.05) is 17.3 Å². The van der Waals surface area contributed by atoms with Crippen molar-refractivity contribution in [2.24, 2.45) is 0 Å². The number of aryl methyl sites for hydroxylation is 2. The van der Waals surface area contributed by atoms with Crippen LogP contribution in [0, 0.1) is 13.8 Å². The lowest BCUT2D eigenvalue weighted by molar-refractivity contribution is 0.390. The highest BCUT2D eigenvalue weighted by atomic mass is 32.2. The van der Waals surface area contributed by atoms with Crippen LogP contribution in [-0.4, -0.2) is 23.5 Å². The number of aromatic amines is 1. The standard InChI is InChI=1S/C14H14N4O3S/c1-9-13(10(2)21-17-9)22(19,20)18-12-5-3-4-11(8-12)14-15-6-7-16-14/h3-8,18H,1-2H3,(H,15,16). The molecule has 0 amide bonds. The van der Waals surface area contributed by atoms with E-state index < -0.39 is 10.0 Å². The molecule has 1 aromatic carbocycles. The normalized spacial score (nSPS) is 11.5. The predicted molar refractivity (Wildman–Crippen MR) is 80.8 cm³/mol. The zero-order chi connectivity index (χ0) is 15.7. The molecule has 3 aromatic rings. The SMILES string of the molecule is Cc1noc(C)c1S(=O)(=O)Nc1cccc(-c2ncc[nH]2)c1. The summed E-state index contributed by atoms with van der Waals surface area (Å²) in [6, 6.07) is 6.96. The highest BCUT2D eigenvalue weighted by molar-refractivity contribution is 7.92. The van der Waals surface area contributed by atoms with E-state index in [4.69, 9.17) is 4.52 Å². The molecule has 114 valence electrons. The van der Waals surface area contributed by atoms with Crippen LogP contribution in [-0.2, 0) is 10.0 Å². The third-order valence-corrected chi connectivity index (χ3v) is 4.75. The number of H-pyrrole nitrogens is 1. The van der Waals surface area contributed by atoms with E-state index in [2.05, 4.69) is 19.8 Å². The monoisotopic (exact) mass is 318 g/mol. The van der Waals surface area contributed by atoms with Crippen LogP contribution in [0.25, 0.3) is 11.4 Å². The first kappa shape index (κ1) is 14.3. The van der Waals surface area contributed by atoms with E-state index >= 15 is 0 Å². The quantitative estimate of drug-likeness (QED) is 0.769. The second kappa shape index (κ2) is 5.30. The molecule has 2 aromatic heterocycles. The third-order valence-electron chi connectivity index (χ3n) is 3.12. The average molecular weight is 318 g/mol. The second-order valence-electron chi connectivity index (χ2n) is 4.78. The van der Waals surface area contributed by atoms with Crippen LogP contribution < -0.4 is 4.72 Å². The van der Waals surface area contributed by atoms with Crippen molar-refractivity contribution < 1.29 is 12.9 Å². The van der Waals surface area contributed by atoms with Crippen molar-refractivity contribution in [3.8, 4) is 11.4 Å². The fourth-order valence-corrected chi connectivity index (χ4v) is 3.60. The lowest BCUT2D eigenvalue weighted by Gasteiger charge is -2.08. The number of sulfonamides is 1. The van der Waals surface area contributed by atoms with Crippen LogP contribution in [0.3, 0.4) is 0 Å². The van der Waals surface area contributed by atoms with Gasteiger partial charge in [-0.2, -0.15) is 0 Å². The number of anilines is 1. The van der Waals surface area contributed by atoms with Crippen LogP contribution in [0.1, 0.15) is 11.5 Å². The molecule has 0 saturated carbocycles. The maximum atomic E-state index is 12.5. The molecule has 0 spiro atoms. The summed E-state index contributed by atoms with van der Waals surface area (Å²) in [4.78, 5) is 7.19. The summed E-state index contributed by atoms with van der Waals surface area (Å²) in [5, 5.41) is 3.67. The molecule has 0 unspecified atom stereocenters. The molecule has 0 fully saturated rings. The van der Waals surface area contributed by atoms with E-state index in [9.17, 15) is 8.42 Å². The van der Waals surface area contributed by atoms with Crippen molar-refractivity contribution in [2.45, 2.75) is 18.7 Å². The van der Waals surface area contributed by atoms with E-state index in [0.717, 1.165) is 5.56 Å². The van der Waals surface area contributed by atoms with Crippen molar-refractivity contribution >= 4 is 15.7 Å². The van der Waals surface area contributed by atoms with Crippen LogP contribution in [0.4, 0.5) is 5.69 Å². The summed E-state index contributed by atoms with van der Waals surface area (Å²) >= 11 is 0. The molecule has 7 nitrogen and oxygen atoms in total. The molecule has 0 saturated heterocycles. The molecule has 2 N–H and O–H groups in total. The topological polar surface area (TPSA) is 101 Å². The van der Waals surface area contributed by atoms with Crippen molar-refractivity contribution in [3.63, 3.8) is 0 Å². The van der Waals surface area contributed by atoms with Crippen molar-refractivity contribution in [3.05, 3.63) is 48.1 Å². The number of imidazole rings is 1. The Morgan fingerprint density at radius 1 is 1.27 bits per heavy atom. The van der Waals surface area contributed by atoms with Gasteiger partial charge >= 0.3 is 0 Å². The summed E-state index contributed by atoms with van der Waals surface area (Å²) < 4.78 is 32.4. The molecule has 0 aliphatic carbocycles. The number of nitrogens with one attached hydrogen (secondary N) is 2. The number of hydrogen-bond acceptors (Lipinski definition) is 5. The van der Waals surface area contributed by atoms with Crippen LogP contribution >= 0.6 is 0 Å². The molecule has 0 aliphatic heterocycles. The van der Waals surface area contributed by atoms with Gasteiger partial charge in [0.2, 0.25) is 0 Å². The highest BCUT2D eigenvalue weighted by Gasteiger charge is 2.24. The second-order valence-corrected chi connectivity index (χ2v) is 6.40. The minimum absolute atomic E-state index is 0.0656. The molecular weight excluding hydrogens is 304 g/mol. The van der Waals surface area contributed by atoms with E-state index in [1.165, 1.54) is 0 Å². The minimum Gasteiger partial charge on any atom is -0.360 e. The Bertz CT molecular complexity index is 879. The number of benzene rings is 1. The first-order valence-electron chi connectivity index (χ1n) is 6.53. The van der Waals surface area contributed by atoms with Crippen molar-refractivity contribution in [1.82, 2.24) is 15.1 Å². The van der Waals surface area contributed by atoms with Gasteiger partial charge in [0.15, 0.2) is 10.7 Å². The molecule has 3 rings (SSSR count). The lowest BCUT2D eigenvalue weighted by atomic mass is 10.2. The summed E-state index contributed by atoms with van der Waals surface area (Å²) in [6.45, 7) is 3.15. The van der Waals surface area contributed by atoms with Gasteiger partial charge in [0.05, 0.1) is 0 Å². The largest absolute Gasteiger partial charge is 0.360 e. The molecule has 0 aliphatic rings. The molecule has 0 radical (unpaired) electrons. The highest BCUT2D eigenvalue weighted by Crippen LogP contribution is 2.24. The number of hydrogen-bond donors (Lipinski definition) is 2. The zero-order valence-electron chi connectivity index (χ0n) is 12.0. The third kappa shape index (κ3) is 2.60. The Morgan fingerprint density at radius 2 is 2.09 bits per heavy atom. The fraction of sp³-hybridized carbons (Fsp3) is 0.143. The Morgan fingerprint density at radius 3 is 2.73 bits per heavy atom. The van der Waals surface area contributed by atoms with Crippen molar-refractivity contribution in [1.29, 1.82) is 0 Å². The predicted octanol–water partition coefficient (Wildman–Crippen LogP) is 2.48. The summed E-state index contributed by atoms with van der Waals surface area (Å²) in [5.74, 6) is 0.922. The molecule has 0 atom stereocenters. The van der Waals surface area contributed by atoms with Gasteiger partial charge < -0.3 is 9.51 Å². The van der Waals surface area contributed by atoms with Gasteiger partial charge in [0, 0.05) is 23.6 Å². The van der Waals surface area contributed by atoms with Crippen LogP contribution in [0.5, 0.6) is 0 Å². The average Bonchev–Trinajstić information content (AvgIpc) is 3.09. The van der Waals surface area contributed by atoms with Crippen LogP contribution in [0.15, 0.2) is 46.1 Å². The van der Waals surface area contributed by atoms with Gasteiger partial charge in [-0.3, -0.25) is 4.72 Å². The Labute approximate surface area is 127 Å². The maximum absolute atomic E-state index is 12.5. The van der Waals surface area contributed by atoms with E-state index in [-0.39, 0.29) is 10.7 Å². The van der Waals surface area contributed by atoms with E-state index in [1.807, 2.05) is 6.07 Å². The summed E-state index contributed by atoms with van der Waals surface area (Å²) in [7, 11) is -3.75. The van der Waals surface area contributed by atoms with E-state index in [0.29, 0.717) is 17.2 Å². The first-order chi connectivity index (χ1) is 10.5. The van der Waals surface area contributed by atoms with Crippen LogP contribution in [0.2, 0.25) is 0 Å². The van der Waals surface area contributed by atoms with E-state index in [1.54, 1.807) is 44.4 Å². The molecule has 2 heterocycles. The van der Waals surface area contributed by atoms with Crippen molar-refractivity contribution in [2.75, 3.05) is 4.72 Å². The number of nitrogens with zero attached hydrogens (tertiary/aromatic N) is 2. The molecule has 22 heavy (non-hydrogen) atoms. The number of aromatic nitrogens is 3. The summed E-state index contributed by atoms with van der Waals surface area (Å²) in [5.41, 5.74) is 1.55. The maximum Gasteiger partial charge on any atom is 0.267 e. The zero-order valence-corrected chi connectivity index (χ0v) is 12.8. The number of rotatable bonds is 4. The van der Waals surface area contributed by atoms with Gasteiger partial charge in [0.1, 0.15) is 11.5 Å². The molecular formula is C14H14N4O3S. The van der Waals surface area contributed by atoms with Gasteiger partial charge in [-0.15, -0.1) is 0 Å². The minimum atomic E-state index is -3.75. The Kier molecular flexibility index (Phi) is 3.45. The Balaban J connectivity index is 1.95. The smallest absolute Gasteiger partial charge is 0.267 e. The fourth-order valence-electron chi connectivity index (χ4n) is 2.22.